The molecule has 26 heavy (non-hydrogen) atoms. The first kappa shape index (κ1) is 18.3. The second-order valence-electron chi connectivity index (χ2n) is 6.26. The molecule has 0 radical (unpaired) electrons. The number of carbonyl (C=O) groups excluding carboxylic acids is 1. The molecule has 1 fully saturated rings. The lowest BCUT2D eigenvalue weighted by molar-refractivity contribution is -0.119. The van der Waals surface area contributed by atoms with Gasteiger partial charge in [0.05, 0.1) is 12.8 Å². The first-order chi connectivity index (χ1) is 12.4. The van der Waals surface area contributed by atoms with Crippen LogP contribution in [0.2, 0.25) is 0 Å². The Morgan fingerprint density at radius 3 is 2.62 bits per heavy atom. The topological polar surface area (TPSA) is 75.7 Å². The molecule has 0 bridgehead atoms. The lowest BCUT2D eigenvalue weighted by atomic mass is 10.1. The summed E-state index contributed by atoms with van der Waals surface area (Å²) in [5.41, 5.74) is 2.09. The Morgan fingerprint density at radius 1 is 1.12 bits per heavy atom. The third-order valence-corrected chi connectivity index (χ3v) is 5.85. The van der Waals surface area contributed by atoms with Gasteiger partial charge in [0.1, 0.15) is 10.6 Å². The highest BCUT2D eigenvalue weighted by molar-refractivity contribution is 7.92. The van der Waals surface area contributed by atoms with Crippen molar-refractivity contribution in [3.8, 4) is 5.75 Å². The van der Waals surface area contributed by atoms with Gasteiger partial charge in [-0.3, -0.25) is 9.52 Å². The van der Waals surface area contributed by atoms with E-state index < -0.39 is 10.0 Å². The minimum absolute atomic E-state index is 0.0682. The monoisotopic (exact) mass is 374 g/mol. The van der Waals surface area contributed by atoms with Crippen molar-refractivity contribution in [2.24, 2.45) is 0 Å². The van der Waals surface area contributed by atoms with Crippen LogP contribution in [0.1, 0.15) is 24.8 Å². The number of methoxy groups -OCH3 is 1. The highest BCUT2D eigenvalue weighted by Gasteiger charge is 2.23. The van der Waals surface area contributed by atoms with Crippen LogP contribution in [0, 0.1) is 6.92 Å². The molecular weight excluding hydrogens is 352 g/mol. The average molecular weight is 374 g/mol. The van der Waals surface area contributed by atoms with Gasteiger partial charge in [0, 0.05) is 18.7 Å². The largest absolute Gasteiger partial charge is 0.495 e. The number of para-hydroxylation sites is 1. The van der Waals surface area contributed by atoms with Crippen molar-refractivity contribution in [3.63, 3.8) is 0 Å². The number of piperidine rings is 1. The maximum Gasteiger partial charge on any atom is 0.265 e. The molecule has 2 aromatic rings. The van der Waals surface area contributed by atoms with E-state index in [-0.39, 0.29) is 16.6 Å². The minimum Gasteiger partial charge on any atom is -0.495 e. The highest BCUT2D eigenvalue weighted by atomic mass is 32.2. The van der Waals surface area contributed by atoms with Gasteiger partial charge in [0.25, 0.3) is 10.0 Å². The number of anilines is 2. The van der Waals surface area contributed by atoms with Crippen LogP contribution in [0.5, 0.6) is 5.75 Å². The minimum atomic E-state index is -3.81. The molecule has 0 spiro atoms. The number of aryl methyl sites for hydroxylation is 1. The van der Waals surface area contributed by atoms with E-state index in [1.807, 2.05) is 13.0 Å². The molecule has 1 amide bonds. The number of carbonyl (C=O) groups is 1. The van der Waals surface area contributed by atoms with E-state index in [0.717, 1.165) is 24.1 Å². The van der Waals surface area contributed by atoms with E-state index in [4.69, 9.17) is 4.74 Å². The number of nitrogens with zero attached hydrogens (tertiary/aromatic N) is 1. The second-order valence-corrected chi connectivity index (χ2v) is 7.91. The number of hydrogen-bond acceptors (Lipinski definition) is 4. The summed E-state index contributed by atoms with van der Waals surface area (Å²) >= 11 is 0. The van der Waals surface area contributed by atoms with Gasteiger partial charge in [-0.15, -0.1) is 0 Å². The van der Waals surface area contributed by atoms with Crippen LogP contribution in [0.15, 0.2) is 47.4 Å². The van der Waals surface area contributed by atoms with Crippen molar-refractivity contribution in [2.75, 3.05) is 23.3 Å². The van der Waals surface area contributed by atoms with Crippen molar-refractivity contribution in [2.45, 2.75) is 31.1 Å². The lowest BCUT2D eigenvalue weighted by Crippen LogP contribution is -2.35. The maximum absolute atomic E-state index is 12.7. The molecule has 0 saturated carbocycles. The van der Waals surface area contributed by atoms with Crippen molar-refractivity contribution in [1.29, 1.82) is 0 Å². The summed E-state index contributed by atoms with van der Waals surface area (Å²) in [4.78, 5) is 14.0. The van der Waals surface area contributed by atoms with E-state index in [2.05, 4.69) is 4.72 Å². The average Bonchev–Trinajstić information content (AvgIpc) is 2.63. The van der Waals surface area contributed by atoms with Crippen LogP contribution >= 0.6 is 0 Å². The Morgan fingerprint density at radius 2 is 1.88 bits per heavy atom. The molecule has 138 valence electrons. The van der Waals surface area contributed by atoms with E-state index >= 15 is 0 Å². The fraction of sp³-hybridized carbons (Fsp3) is 0.316. The number of benzene rings is 2. The van der Waals surface area contributed by atoms with Crippen molar-refractivity contribution in [1.82, 2.24) is 0 Å². The fourth-order valence-electron chi connectivity index (χ4n) is 3.08. The van der Waals surface area contributed by atoms with Crippen molar-refractivity contribution in [3.05, 3.63) is 48.0 Å². The smallest absolute Gasteiger partial charge is 0.265 e. The molecule has 0 aromatic heterocycles. The van der Waals surface area contributed by atoms with Crippen molar-refractivity contribution < 1.29 is 17.9 Å². The molecular formula is C19H22N2O4S. The summed E-state index contributed by atoms with van der Waals surface area (Å²) in [6.45, 7) is 2.57. The molecule has 1 aliphatic heterocycles. The predicted octanol–water partition coefficient (Wildman–Crippen LogP) is 3.32. The first-order valence-corrected chi connectivity index (χ1v) is 9.97. The van der Waals surface area contributed by atoms with Crippen LogP contribution in [0.25, 0.3) is 0 Å². The van der Waals surface area contributed by atoms with Gasteiger partial charge < -0.3 is 9.64 Å². The molecule has 1 N–H and O–H groups in total. The number of nitrogens with one attached hydrogen (secondary N) is 1. The number of rotatable bonds is 5. The zero-order valence-electron chi connectivity index (χ0n) is 14.9. The van der Waals surface area contributed by atoms with E-state index in [0.29, 0.717) is 18.7 Å². The van der Waals surface area contributed by atoms with Gasteiger partial charge >= 0.3 is 0 Å². The molecule has 3 rings (SSSR count). The Kier molecular flexibility index (Phi) is 5.18. The molecule has 0 atom stereocenters. The predicted molar refractivity (Wildman–Crippen MR) is 101 cm³/mol. The normalized spacial score (nSPS) is 15.0. The Balaban J connectivity index is 1.93. The standard InChI is InChI=1S/C19H22N2O4S/c1-14-10-11-15(13-16(14)21-12-6-5-9-19(21)22)20-26(23,24)18-8-4-3-7-17(18)25-2/h3-4,7-8,10-11,13,20H,5-6,9,12H2,1-2H3. The second kappa shape index (κ2) is 7.37. The first-order valence-electron chi connectivity index (χ1n) is 8.49. The summed E-state index contributed by atoms with van der Waals surface area (Å²) in [7, 11) is -2.38. The maximum atomic E-state index is 12.7. The number of hydrogen-bond donors (Lipinski definition) is 1. The van der Waals surface area contributed by atoms with Gasteiger partial charge in [0.2, 0.25) is 5.91 Å². The van der Waals surface area contributed by atoms with Crippen LogP contribution in [-0.4, -0.2) is 28.0 Å². The van der Waals surface area contributed by atoms with E-state index in [1.54, 1.807) is 35.2 Å². The molecule has 1 saturated heterocycles. The summed E-state index contributed by atoms with van der Waals surface area (Å²) in [6.07, 6.45) is 2.37. The molecule has 0 aliphatic carbocycles. The Hall–Kier alpha value is -2.54. The molecule has 6 nitrogen and oxygen atoms in total. The lowest BCUT2D eigenvalue weighted by Gasteiger charge is -2.28. The van der Waals surface area contributed by atoms with Crippen LogP contribution in [-0.2, 0) is 14.8 Å². The molecule has 7 heteroatoms. The molecule has 1 heterocycles. The summed E-state index contributed by atoms with van der Waals surface area (Å²) < 4.78 is 33.2. The van der Waals surface area contributed by atoms with Gasteiger partial charge in [-0.2, -0.15) is 0 Å². The van der Waals surface area contributed by atoms with Crippen LogP contribution in [0.3, 0.4) is 0 Å². The highest BCUT2D eigenvalue weighted by Crippen LogP contribution is 2.30. The zero-order chi connectivity index (χ0) is 18.7. The molecule has 0 unspecified atom stereocenters. The molecule has 2 aromatic carbocycles. The third-order valence-electron chi connectivity index (χ3n) is 4.43. The number of sulfonamides is 1. The number of amides is 1. The van der Waals surface area contributed by atoms with E-state index in [9.17, 15) is 13.2 Å². The van der Waals surface area contributed by atoms with E-state index in [1.165, 1.54) is 13.2 Å². The Bertz CT molecular complexity index is 925. The summed E-state index contributed by atoms with van der Waals surface area (Å²) in [5, 5.41) is 0. The third kappa shape index (κ3) is 3.67. The van der Waals surface area contributed by atoms with Gasteiger partial charge in [-0.25, -0.2) is 8.42 Å². The zero-order valence-corrected chi connectivity index (χ0v) is 15.7. The van der Waals surface area contributed by atoms with Gasteiger partial charge in [-0.1, -0.05) is 18.2 Å². The number of ether oxygens (including phenoxy) is 1. The fourth-order valence-corrected chi connectivity index (χ4v) is 4.30. The summed E-state index contributed by atoms with van der Waals surface area (Å²) in [6, 6.07) is 11.7. The summed E-state index contributed by atoms with van der Waals surface area (Å²) in [5.74, 6) is 0.350. The van der Waals surface area contributed by atoms with Crippen molar-refractivity contribution >= 4 is 27.3 Å². The SMILES string of the molecule is COc1ccccc1S(=O)(=O)Nc1ccc(C)c(N2CCCCC2=O)c1. The van der Waals surface area contributed by atoms with Gasteiger partial charge in [0.15, 0.2) is 0 Å². The van der Waals surface area contributed by atoms with Crippen LogP contribution in [0.4, 0.5) is 11.4 Å². The quantitative estimate of drug-likeness (QED) is 0.871. The van der Waals surface area contributed by atoms with Crippen LogP contribution < -0.4 is 14.4 Å². The molecule has 1 aliphatic rings. The Labute approximate surface area is 153 Å². The van der Waals surface area contributed by atoms with Gasteiger partial charge in [-0.05, 0) is 49.6 Å².